The molecule has 0 amide bonds. The van der Waals surface area contributed by atoms with Crippen molar-refractivity contribution in [3.63, 3.8) is 0 Å². The fourth-order valence-corrected chi connectivity index (χ4v) is 3.92. The van der Waals surface area contributed by atoms with Gasteiger partial charge in [0.05, 0.1) is 29.5 Å². The van der Waals surface area contributed by atoms with E-state index in [9.17, 15) is 0 Å². The lowest BCUT2D eigenvalue weighted by Gasteiger charge is -2.30. The maximum atomic E-state index is 6.63. The molecule has 128 valence electrons. The molecule has 2 aromatic carbocycles. The maximum Gasteiger partial charge on any atom is 0.206 e. The Morgan fingerprint density at radius 2 is 1.65 bits per heavy atom. The van der Waals surface area contributed by atoms with Crippen LogP contribution >= 0.6 is 11.6 Å². The van der Waals surface area contributed by atoms with Gasteiger partial charge in [0.2, 0.25) is 5.29 Å². The smallest absolute Gasteiger partial charge is 0.206 e. The molecule has 0 aliphatic carbocycles. The maximum absolute atomic E-state index is 6.63. The highest BCUT2D eigenvalue weighted by atomic mass is 35.5. The Hall–Kier alpha value is -2.92. The van der Waals surface area contributed by atoms with E-state index in [2.05, 4.69) is 29.1 Å². The lowest BCUT2D eigenvalue weighted by molar-refractivity contribution is 0.439. The Balaban J connectivity index is 1.63. The number of amidine groups is 2. The van der Waals surface area contributed by atoms with Gasteiger partial charge in [-0.2, -0.15) is 10.1 Å². The second-order valence-electron chi connectivity index (χ2n) is 6.43. The van der Waals surface area contributed by atoms with Gasteiger partial charge in [0.25, 0.3) is 0 Å². The zero-order chi connectivity index (χ0) is 17.7. The summed E-state index contributed by atoms with van der Waals surface area (Å²) in [4.78, 5) is 11.6. The molecule has 26 heavy (non-hydrogen) atoms. The van der Waals surface area contributed by atoms with Crippen LogP contribution in [0.5, 0.6) is 0 Å². The summed E-state index contributed by atoms with van der Waals surface area (Å²) in [5, 5.41) is 4.95. The van der Waals surface area contributed by atoms with Crippen LogP contribution < -0.4 is 0 Å². The van der Waals surface area contributed by atoms with E-state index in [4.69, 9.17) is 16.6 Å². The number of fused-ring (bicyclic) bond motifs is 3. The standard InChI is InChI=1S/C20H16ClN5/c1-13-17(14-8-4-2-5-9-14)25-18(23-13)16-12-22-26(19(16)24-20(25)21)15-10-6-3-7-11-15/h2-13,17H,1H3/t13-,17?/m1/s1. The Morgan fingerprint density at radius 3 is 2.38 bits per heavy atom. The third-order valence-corrected chi connectivity index (χ3v) is 5.08. The van der Waals surface area contributed by atoms with Gasteiger partial charge in [-0.1, -0.05) is 48.5 Å². The molecular formula is C20H16ClN5. The topological polar surface area (TPSA) is 45.8 Å². The second-order valence-corrected chi connectivity index (χ2v) is 6.77. The molecule has 0 bridgehead atoms. The molecule has 1 unspecified atom stereocenters. The van der Waals surface area contributed by atoms with Crippen LogP contribution in [0, 0.1) is 0 Å². The number of nitrogens with zero attached hydrogens (tertiary/aromatic N) is 5. The number of aliphatic imine (C=N–C) groups is 2. The predicted octanol–water partition coefficient (Wildman–Crippen LogP) is 4.30. The summed E-state index contributed by atoms with van der Waals surface area (Å²) in [6.45, 7) is 2.11. The molecule has 0 radical (unpaired) electrons. The van der Waals surface area contributed by atoms with Crippen molar-refractivity contribution in [3.8, 4) is 5.69 Å². The van der Waals surface area contributed by atoms with Crippen molar-refractivity contribution in [3.05, 3.63) is 78.0 Å². The number of halogens is 1. The largest absolute Gasteiger partial charge is 0.291 e. The molecule has 3 aromatic rings. The van der Waals surface area contributed by atoms with Crippen molar-refractivity contribution < 1.29 is 0 Å². The van der Waals surface area contributed by atoms with Gasteiger partial charge < -0.3 is 0 Å². The molecule has 0 saturated heterocycles. The summed E-state index contributed by atoms with van der Waals surface area (Å²) >= 11 is 6.63. The van der Waals surface area contributed by atoms with Gasteiger partial charge in [-0.3, -0.25) is 9.89 Å². The predicted molar refractivity (Wildman–Crippen MR) is 104 cm³/mol. The molecule has 5 nitrogen and oxygen atoms in total. The molecule has 2 aliphatic rings. The third kappa shape index (κ3) is 2.21. The van der Waals surface area contributed by atoms with Gasteiger partial charge in [0, 0.05) is 0 Å². The van der Waals surface area contributed by atoms with Crippen molar-refractivity contribution >= 4 is 28.5 Å². The monoisotopic (exact) mass is 361 g/mol. The molecule has 0 saturated carbocycles. The normalized spacial score (nSPS) is 21.1. The highest BCUT2D eigenvalue weighted by Gasteiger charge is 2.41. The Bertz CT molecular complexity index is 1020. The summed E-state index contributed by atoms with van der Waals surface area (Å²) in [6.07, 6.45) is 1.82. The summed E-state index contributed by atoms with van der Waals surface area (Å²) in [6, 6.07) is 20.3. The molecule has 2 aliphatic heterocycles. The van der Waals surface area contributed by atoms with E-state index in [1.54, 1.807) is 4.68 Å². The highest BCUT2D eigenvalue weighted by Crippen LogP contribution is 2.40. The molecule has 1 aromatic heterocycles. The summed E-state index contributed by atoms with van der Waals surface area (Å²) in [5.41, 5.74) is 3.02. The Morgan fingerprint density at radius 1 is 0.962 bits per heavy atom. The SMILES string of the molecule is C[C@H]1N=C2c3cnn(-c4ccccc4)c3N=C(Cl)N2C1c1ccccc1. The molecule has 3 heterocycles. The Labute approximate surface area is 156 Å². The fourth-order valence-electron chi connectivity index (χ4n) is 3.66. The lowest BCUT2D eigenvalue weighted by atomic mass is 10.0. The number of hydrogen-bond acceptors (Lipinski definition) is 4. The molecular weight excluding hydrogens is 346 g/mol. The number of hydrogen-bond donors (Lipinski definition) is 0. The second kappa shape index (κ2) is 5.81. The molecule has 0 spiro atoms. The first-order valence-corrected chi connectivity index (χ1v) is 8.92. The number of aromatic nitrogens is 2. The number of rotatable bonds is 2. The van der Waals surface area contributed by atoms with Crippen LogP contribution in [-0.2, 0) is 0 Å². The molecule has 5 rings (SSSR count). The lowest BCUT2D eigenvalue weighted by Crippen LogP contribution is -2.37. The first-order chi connectivity index (χ1) is 12.7. The van der Waals surface area contributed by atoms with E-state index in [1.165, 1.54) is 5.56 Å². The summed E-state index contributed by atoms with van der Waals surface area (Å²) < 4.78 is 1.80. The number of para-hydroxylation sites is 1. The molecule has 0 fully saturated rings. The minimum absolute atomic E-state index is 0.0377. The van der Waals surface area contributed by atoms with Crippen molar-refractivity contribution in [2.24, 2.45) is 9.98 Å². The van der Waals surface area contributed by atoms with Gasteiger partial charge >= 0.3 is 0 Å². The minimum atomic E-state index is 0.0377. The van der Waals surface area contributed by atoms with Crippen molar-refractivity contribution in [1.29, 1.82) is 0 Å². The van der Waals surface area contributed by atoms with Crippen LogP contribution in [0.1, 0.15) is 24.1 Å². The van der Waals surface area contributed by atoms with E-state index in [0.717, 1.165) is 22.9 Å². The van der Waals surface area contributed by atoms with E-state index in [1.807, 2.05) is 59.6 Å². The summed E-state index contributed by atoms with van der Waals surface area (Å²) in [5.74, 6) is 1.56. The van der Waals surface area contributed by atoms with Crippen molar-refractivity contribution in [1.82, 2.24) is 14.7 Å². The van der Waals surface area contributed by atoms with Gasteiger partial charge in [-0.25, -0.2) is 4.68 Å². The molecule has 0 N–H and O–H groups in total. The van der Waals surface area contributed by atoms with Crippen LogP contribution in [0.2, 0.25) is 0 Å². The van der Waals surface area contributed by atoms with E-state index >= 15 is 0 Å². The van der Waals surface area contributed by atoms with Gasteiger partial charge in [-0.15, -0.1) is 0 Å². The first-order valence-electron chi connectivity index (χ1n) is 8.54. The van der Waals surface area contributed by atoms with E-state index in [-0.39, 0.29) is 12.1 Å². The number of benzene rings is 2. The average Bonchev–Trinajstić information content (AvgIpc) is 3.24. The zero-order valence-electron chi connectivity index (χ0n) is 14.1. The third-order valence-electron chi connectivity index (χ3n) is 4.81. The van der Waals surface area contributed by atoms with Crippen LogP contribution in [-0.4, -0.2) is 31.9 Å². The zero-order valence-corrected chi connectivity index (χ0v) is 14.9. The van der Waals surface area contributed by atoms with Crippen molar-refractivity contribution in [2.45, 2.75) is 19.0 Å². The van der Waals surface area contributed by atoms with E-state index < -0.39 is 0 Å². The fraction of sp³-hybridized carbons (Fsp3) is 0.150. The van der Waals surface area contributed by atoms with Crippen molar-refractivity contribution in [2.75, 3.05) is 0 Å². The Kier molecular flexibility index (Phi) is 3.43. The minimum Gasteiger partial charge on any atom is -0.291 e. The molecule has 6 heteroatoms. The summed E-state index contributed by atoms with van der Waals surface area (Å²) in [7, 11) is 0. The average molecular weight is 362 g/mol. The van der Waals surface area contributed by atoms with Crippen LogP contribution in [0.3, 0.4) is 0 Å². The van der Waals surface area contributed by atoms with Gasteiger partial charge in [0.15, 0.2) is 5.82 Å². The molecule has 2 atom stereocenters. The van der Waals surface area contributed by atoms with Crippen LogP contribution in [0.4, 0.5) is 5.82 Å². The van der Waals surface area contributed by atoms with Crippen LogP contribution in [0.15, 0.2) is 76.8 Å². The highest BCUT2D eigenvalue weighted by molar-refractivity contribution is 6.66. The quantitative estimate of drug-likeness (QED) is 0.639. The van der Waals surface area contributed by atoms with E-state index in [0.29, 0.717) is 5.29 Å². The van der Waals surface area contributed by atoms with Crippen LogP contribution in [0.25, 0.3) is 5.69 Å². The first kappa shape index (κ1) is 15.3. The van der Waals surface area contributed by atoms with Gasteiger partial charge in [-0.05, 0) is 36.2 Å². The van der Waals surface area contributed by atoms with Gasteiger partial charge in [0.1, 0.15) is 5.84 Å².